The van der Waals surface area contributed by atoms with Crippen LogP contribution in [0.1, 0.15) is 48.5 Å². The second-order valence-corrected chi connectivity index (χ2v) is 3.03. The molecule has 0 heterocycles. The van der Waals surface area contributed by atoms with Crippen LogP contribution in [0.4, 0.5) is 28.0 Å². The van der Waals surface area contributed by atoms with E-state index in [1.807, 2.05) is 46.9 Å². The Morgan fingerprint density at radius 2 is 1.58 bits per heavy atom. The van der Waals surface area contributed by atoms with Gasteiger partial charge < -0.3 is 9.47 Å². The van der Waals surface area contributed by atoms with Crippen LogP contribution in [0.5, 0.6) is 5.75 Å². The van der Waals surface area contributed by atoms with E-state index in [-0.39, 0.29) is 6.61 Å². The van der Waals surface area contributed by atoms with Gasteiger partial charge in [-0.25, -0.2) is 9.18 Å². The predicted molar refractivity (Wildman–Crippen MR) is 87.8 cm³/mol. The summed E-state index contributed by atoms with van der Waals surface area (Å²) in [5.41, 5.74) is -0.463. The molecule has 1 rings (SSSR count). The van der Waals surface area contributed by atoms with E-state index in [0.29, 0.717) is 6.07 Å². The summed E-state index contributed by atoms with van der Waals surface area (Å²) in [5, 5.41) is 1.95. The van der Waals surface area contributed by atoms with Crippen molar-refractivity contribution in [2.45, 2.75) is 54.8 Å². The topological polar surface area (TPSA) is 47.6 Å². The van der Waals surface area contributed by atoms with Gasteiger partial charge in [0.05, 0.1) is 12.3 Å². The normalized spacial score (nSPS) is 8.96. The molecule has 1 amide bonds. The molecule has 0 atom stereocenters. The molecule has 8 heteroatoms. The van der Waals surface area contributed by atoms with Gasteiger partial charge in [-0.1, -0.05) is 41.5 Å². The Kier molecular flexibility index (Phi) is 17.8. The maximum Gasteiger partial charge on any atom is 0.573 e. The van der Waals surface area contributed by atoms with Crippen LogP contribution in [0.15, 0.2) is 18.2 Å². The van der Waals surface area contributed by atoms with Gasteiger partial charge in [0.15, 0.2) is 0 Å². The van der Waals surface area contributed by atoms with Crippen molar-refractivity contribution in [1.29, 1.82) is 0 Å². The number of hydrogen-bond donors (Lipinski definition) is 1. The molecule has 1 aromatic rings. The fourth-order valence-corrected chi connectivity index (χ4v) is 1.07. The number of nitrogens with one attached hydrogen (secondary N) is 1. The molecule has 0 unspecified atom stereocenters. The Morgan fingerprint density at radius 1 is 1.08 bits per heavy atom. The van der Waals surface area contributed by atoms with Crippen LogP contribution in [0.25, 0.3) is 0 Å². The smallest absolute Gasteiger partial charge is 0.450 e. The van der Waals surface area contributed by atoms with Gasteiger partial charge in [-0.3, -0.25) is 5.32 Å². The molecule has 0 fully saturated rings. The molecule has 0 radical (unpaired) electrons. The lowest BCUT2D eigenvalue weighted by Crippen LogP contribution is -2.18. The molecule has 1 aromatic carbocycles. The molecule has 24 heavy (non-hydrogen) atoms. The van der Waals surface area contributed by atoms with Gasteiger partial charge in [0.25, 0.3) is 0 Å². The average molecular weight is 357 g/mol. The van der Waals surface area contributed by atoms with Gasteiger partial charge in [-0.2, -0.15) is 0 Å². The quantitative estimate of drug-likeness (QED) is 0.639. The monoisotopic (exact) mass is 357 g/mol. The van der Waals surface area contributed by atoms with E-state index < -0.39 is 29.7 Å². The van der Waals surface area contributed by atoms with Gasteiger partial charge in [-0.05, 0) is 19.1 Å². The molecular formula is C16H27F4NO3. The number of halogens is 4. The first-order valence-corrected chi connectivity index (χ1v) is 7.81. The number of hydrogen-bond acceptors (Lipinski definition) is 3. The zero-order chi connectivity index (χ0) is 19.8. The maximum absolute atomic E-state index is 13.2. The van der Waals surface area contributed by atoms with E-state index in [4.69, 9.17) is 0 Å². The van der Waals surface area contributed by atoms with Crippen LogP contribution < -0.4 is 10.1 Å². The summed E-state index contributed by atoms with van der Waals surface area (Å²) >= 11 is 0. The van der Waals surface area contributed by atoms with Gasteiger partial charge in [-0.15, -0.1) is 13.2 Å². The molecule has 1 N–H and O–H groups in total. The minimum atomic E-state index is -4.89. The van der Waals surface area contributed by atoms with E-state index in [9.17, 15) is 22.4 Å². The number of carbonyl (C=O) groups is 1. The first kappa shape index (κ1) is 26.9. The number of amides is 1. The Hall–Kier alpha value is -1.99. The van der Waals surface area contributed by atoms with Crippen molar-refractivity contribution < 1.29 is 31.8 Å². The molecular weight excluding hydrogens is 330 g/mol. The van der Waals surface area contributed by atoms with Crippen LogP contribution in [-0.4, -0.2) is 19.1 Å². The average Bonchev–Trinajstić information content (AvgIpc) is 2.55. The van der Waals surface area contributed by atoms with Gasteiger partial charge in [0, 0.05) is 6.07 Å². The third kappa shape index (κ3) is 13.7. The standard InChI is InChI=1S/C10H9F4NO3.3C2H6/c1-2-17-9(16)15-8-5-6(3-4-7(8)11)18-10(12,13)14;3*1-2/h3-5H,2H2,1H3,(H,15,16);3*1-2H3. The van der Waals surface area contributed by atoms with Crippen LogP contribution in [0.2, 0.25) is 0 Å². The highest BCUT2D eigenvalue weighted by atomic mass is 19.4. The lowest BCUT2D eigenvalue weighted by molar-refractivity contribution is -0.274. The molecule has 0 spiro atoms. The Bertz CT molecular complexity index is 438. The van der Waals surface area contributed by atoms with Crippen molar-refractivity contribution >= 4 is 11.8 Å². The van der Waals surface area contributed by atoms with Crippen molar-refractivity contribution in [1.82, 2.24) is 0 Å². The van der Waals surface area contributed by atoms with Gasteiger partial charge >= 0.3 is 12.5 Å². The summed E-state index contributed by atoms with van der Waals surface area (Å²) in [6.07, 6.45) is -5.86. The Balaban J connectivity index is -0.000000659. The van der Waals surface area contributed by atoms with E-state index in [0.717, 1.165) is 12.1 Å². The van der Waals surface area contributed by atoms with Crippen LogP contribution >= 0.6 is 0 Å². The number of ether oxygens (including phenoxy) is 2. The predicted octanol–water partition coefficient (Wildman–Crippen LogP) is 6.37. The Labute approximate surface area is 141 Å². The van der Waals surface area contributed by atoms with E-state index in [1.165, 1.54) is 6.92 Å². The highest BCUT2D eigenvalue weighted by Gasteiger charge is 2.31. The van der Waals surface area contributed by atoms with Crippen LogP contribution in [0.3, 0.4) is 0 Å². The summed E-state index contributed by atoms with van der Waals surface area (Å²) in [6, 6.07) is 2.24. The van der Waals surface area contributed by atoms with E-state index in [2.05, 4.69) is 9.47 Å². The highest BCUT2D eigenvalue weighted by Crippen LogP contribution is 2.27. The number of alkyl halides is 3. The highest BCUT2D eigenvalue weighted by molar-refractivity contribution is 5.85. The third-order valence-electron chi connectivity index (χ3n) is 1.68. The molecule has 0 aliphatic heterocycles. The second kappa shape index (κ2) is 15.9. The molecule has 0 bridgehead atoms. The van der Waals surface area contributed by atoms with Crippen molar-refractivity contribution in [3.8, 4) is 5.75 Å². The van der Waals surface area contributed by atoms with E-state index >= 15 is 0 Å². The first-order valence-electron chi connectivity index (χ1n) is 7.81. The summed E-state index contributed by atoms with van der Waals surface area (Å²) in [4.78, 5) is 11.0. The van der Waals surface area contributed by atoms with Crippen molar-refractivity contribution in [2.24, 2.45) is 0 Å². The maximum atomic E-state index is 13.2. The molecule has 0 saturated heterocycles. The molecule has 142 valence electrons. The first-order chi connectivity index (χ1) is 11.3. The SMILES string of the molecule is CC.CC.CC.CCOC(=O)Nc1cc(OC(F)(F)F)ccc1F. The van der Waals surface area contributed by atoms with Gasteiger partial charge in [0.1, 0.15) is 11.6 Å². The summed E-state index contributed by atoms with van der Waals surface area (Å²) < 4.78 is 57.0. The van der Waals surface area contributed by atoms with Crippen LogP contribution in [-0.2, 0) is 4.74 Å². The minimum absolute atomic E-state index is 0.0478. The molecule has 4 nitrogen and oxygen atoms in total. The number of carbonyl (C=O) groups excluding carboxylic acids is 1. The molecule has 0 aliphatic rings. The zero-order valence-electron chi connectivity index (χ0n) is 15.2. The minimum Gasteiger partial charge on any atom is -0.450 e. The fraction of sp³-hybridized carbons (Fsp3) is 0.562. The molecule has 0 saturated carbocycles. The lowest BCUT2D eigenvalue weighted by atomic mass is 10.3. The number of rotatable bonds is 3. The third-order valence-corrected chi connectivity index (χ3v) is 1.68. The van der Waals surface area contributed by atoms with Crippen molar-refractivity contribution in [3.63, 3.8) is 0 Å². The summed E-state index contributed by atoms with van der Waals surface area (Å²) in [6.45, 7) is 13.6. The van der Waals surface area contributed by atoms with Crippen LogP contribution in [0, 0.1) is 5.82 Å². The second-order valence-electron chi connectivity index (χ2n) is 3.03. The largest absolute Gasteiger partial charge is 0.573 e. The number of anilines is 1. The lowest BCUT2D eigenvalue weighted by Gasteiger charge is -2.11. The Morgan fingerprint density at radius 3 is 2.00 bits per heavy atom. The summed E-state index contributed by atoms with van der Waals surface area (Å²) in [7, 11) is 0. The number of benzene rings is 1. The van der Waals surface area contributed by atoms with Crippen molar-refractivity contribution in [3.05, 3.63) is 24.0 Å². The van der Waals surface area contributed by atoms with E-state index in [1.54, 1.807) is 0 Å². The van der Waals surface area contributed by atoms with Crippen molar-refractivity contribution in [2.75, 3.05) is 11.9 Å². The fourth-order valence-electron chi connectivity index (χ4n) is 1.07. The summed E-state index contributed by atoms with van der Waals surface area (Å²) in [5.74, 6) is -1.55. The molecule has 0 aromatic heterocycles. The molecule has 0 aliphatic carbocycles. The zero-order valence-corrected chi connectivity index (χ0v) is 15.2. The van der Waals surface area contributed by atoms with Gasteiger partial charge in [0.2, 0.25) is 0 Å².